The molecule has 1 aliphatic heterocycles. The molecule has 5 nitrogen and oxygen atoms in total. The molecular formula is C15H22N2O3S. The van der Waals surface area contributed by atoms with Crippen molar-refractivity contribution in [2.24, 2.45) is 5.92 Å². The first-order valence-corrected chi connectivity index (χ1v) is 9.07. The summed E-state index contributed by atoms with van der Waals surface area (Å²) >= 11 is 0. The lowest BCUT2D eigenvalue weighted by Gasteiger charge is -2.20. The predicted octanol–water partition coefficient (Wildman–Crippen LogP) is 1.96. The molecule has 0 radical (unpaired) electrons. The van der Waals surface area contributed by atoms with Gasteiger partial charge in [0.2, 0.25) is 10.0 Å². The highest BCUT2D eigenvalue weighted by Gasteiger charge is 2.42. The van der Waals surface area contributed by atoms with E-state index in [-0.39, 0.29) is 12.1 Å². The zero-order valence-electron chi connectivity index (χ0n) is 12.2. The topological polar surface area (TPSA) is 67.4 Å². The average Bonchev–Trinajstić information content (AvgIpc) is 3.20. The van der Waals surface area contributed by atoms with Crippen LogP contribution in [0.3, 0.4) is 0 Å². The Morgan fingerprint density at radius 2 is 2.00 bits per heavy atom. The second-order valence-electron chi connectivity index (χ2n) is 5.72. The van der Waals surface area contributed by atoms with Crippen LogP contribution in [0.5, 0.6) is 0 Å². The summed E-state index contributed by atoms with van der Waals surface area (Å²) < 4.78 is 33.9. The van der Waals surface area contributed by atoms with Crippen molar-refractivity contribution in [3.63, 3.8) is 0 Å². The van der Waals surface area contributed by atoms with E-state index in [2.05, 4.69) is 10.0 Å². The number of hydrogen-bond acceptors (Lipinski definition) is 4. The van der Waals surface area contributed by atoms with E-state index in [4.69, 9.17) is 4.74 Å². The monoisotopic (exact) mass is 310 g/mol. The highest BCUT2D eigenvalue weighted by atomic mass is 32.2. The number of para-hydroxylation sites is 1. The maximum atomic E-state index is 12.7. The van der Waals surface area contributed by atoms with E-state index in [1.54, 1.807) is 18.2 Å². The van der Waals surface area contributed by atoms with Crippen molar-refractivity contribution in [3.05, 3.63) is 24.3 Å². The predicted molar refractivity (Wildman–Crippen MR) is 81.8 cm³/mol. The van der Waals surface area contributed by atoms with Crippen molar-refractivity contribution in [3.8, 4) is 0 Å². The summed E-state index contributed by atoms with van der Waals surface area (Å²) in [7, 11) is -3.53. The fourth-order valence-corrected chi connectivity index (χ4v) is 4.39. The van der Waals surface area contributed by atoms with Crippen LogP contribution in [0, 0.1) is 5.92 Å². The maximum Gasteiger partial charge on any atom is 0.242 e. The normalized spacial score (nSPS) is 26.0. The molecule has 2 N–H and O–H groups in total. The molecule has 6 heteroatoms. The molecule has 0 aromatic heterocycles. The van der Waals surface area contributed by atoms with Gasteiger partial charge in [0.15, 0.2) is 0 Å². The Morgan fingerprint density at radius 1 is 1.24 bits per heavy atom. The van der Waals surface area contributed by atoms with Crippen LogP contribution in [0.2, 0.25) is 0 Å². The number of rotatable bonds is 6. The van der Waals surface area contributed by atoms with Gasteiger partial charge in [-0.25, -0.2) is 13.1 Å². The summed E-state index contributed by atoms with van der Waals surface area (Å²) in [5, 5.41) is 3.10. The Labute approximate surface area is 126 Å². The number of anilines is 1. The first-order chi connectivity index (χ1) is 10.1. The number of sulfonamides is 1. The van der Waals surface area contributed by atoms with Gasteiger partial charge < -0.3 is 10.1 Å². The number of ether oxygens (including phenoxy) is 1. The Kier molecular flexibility index (Phi) is 4.19. The first-order valence-electron chi connectivity index (χ1n) is 7.58. The minimum absolute atomic E-state index is 0.0473. The van der Waals surface area contributed by atoms with E-state index < -0.39 is 10.0 Å². The Bertz CT molecular complexity index is 599. The van der Waals surface area contributed by atoms with Crippen molar-refractivity contribution >= 4 is 15.7 Å². The van der Waals surface area contributed by atoms with Gasteiger partial charge in [-0.2, -0.15) is 0 Å². The van der Waals surface area contributed by atoms with Gasteiger partial charge in [-0.05, 0) is 44.2 Å². The second-order valence-corrected chi connectivity index (χ2v) is 7.40. The molecule has 1 saturated heterocycles. The van der Waals surface area contributed by atoms with Crippen molar-refractivity contribution in [1.29, 1.82) is 0 Å². The first kappa shape index (κ1) is 14.8. The van der Waals surface area contributed by atoms with Crippen LogP contribution in [0.4, 0.5) is 5.69 Å². The van der Waals surface area contributed by atoms with Crippen LogP contribution in [-0.4, -0.2) is 33.7 Å². The molecule has 3 rings (SSSR count). The molecule has 0 spiro atoms. The Balaban J connectivity index is 1.80. The van der Waals surface area contributed by atoms with Crippen LogP contribution < -0.4 is 10.0 Å². The van der Waals surface area contributed by atoms with Gasteiger partial charge in [0, 0.05) is 13.2 Å². The van der Waals surface area contributed by atoms with Gasteiger partial charge in [0.05, 0.1) is 17.8 Å². The van der Waals surface area contributed by atoms with E-state index in [0.717, 1.165) is 19.3 Å². The van der Waals surface area contributed by atoms with Crippen LogP contribution in [0.25, 0.3) is 0 Å². The molecule has 2 unspecified atom stereocenters. The van der Waals surface area contributed by atoms with Crippen molar-refractivity contribution in [2.75, 3.05) is 18.5 Å². The molecule has 1 aromatic rings. The zero-order chi connectivity index (χ0) is 14.9. The van der Waals surface area contributed by atoms with E-state index in [1.165, 1.54) is 0 Å². The van der Waals surface area contributed by atoms with Crippen molar-refractivity contribution in [1.82, 2.24) is 4.72 Å². The van der Waals surface area contributed by atoms with Crippen molar-refractivity contribution < 1.29 is 13.2 Å². The van der Waals surface area contributed by atoms with Gasteiger partial charge in [-0.15, -0.1) is 0 Å². The smallest absolute Gasteiger partial charge is 0.242 e. The quantitative estimate of drug-likeness (QED) is 0.843. The molecule has 21 heavy (non-hydrogen) atoms. The third-order valence-electron chi connectivity index (χ3n) is 4.07. The standard InChI is InChI=1S/C15H22N2O3S/c1-2-16-12-5-3-4-6-14(12)21(18,19)17-13-9-10-20-15(13)11-7-8-11/h3-6,11,13,15-17H,2,7-10H2,1H3. The molecule has 2 atom stereocenters. The number of hydrogen-bond donors (Lipinski definition) is 2. The summed E-state index contributed by atoms with van der Waals surface area (Å²) in [6.07, 6.45) is 3.10. The molecule has 1 heterocycles. The molecule has 0 amide bonds. The summed E-state index contributed by atoms with van der Waals surface area (Å²) in [6.45, 7) is 3.28. The molecule has 1 aliphatic carbocycles. The van der Waals surface area contributed by atoms with Gasteiger partial charge in [-0.1, -0.05) is 12.1 Å². The SMILES string of the molecule is CCNc1ccccc1S(=O)(=O)NC1CCOC1C1CC1. The van der Waals surface area contributed by atoms with Gasteiger partial charge in [0.25, 0.3) is 0 Å². The molecule has 1 saturated carbocycles. The lowest BCUT2D eigenvalue weighted by molar-refractivity contribution is 0.0848. The molecule has 2 fully saturated rings. The Morgan fingerprint density at radius 3 is 2.71 bits per heavy atom. The minimum atomic E-state index is -3.53. The molecular weight excluding hydrogens is 288 g/mol. The lowest BCUT2D eigenvalue weighted by atomic mass is 10.1. The van der Waals surface area contributed by atoms with E-state index in [9.17, 15) is 8.42 Å². The lowest BCUT2D eigenvalue weighted by Crippen LogP contribution is -2.41. The molecule has 0 bridgehead atoms. The fraction of sp³-hybridized carbons (Fsp3) is 0.600. The third-order valence-corrected chi connectivity index (χ3v) is 5.62. The van der Waals surface area contributed by atoms with Crippen LogP contribution in [0.1, 0.15) is 26.2 Å². The summed E-state index contributed by atoms with van der Waals surface area (Å²) in [5.41, 5.74) is 0.648. The van der Waals surface area contributed by atoms with Crippen molar-refractivity contribution in [2.45, 2.75) is 43.2 Å². The minimum Gasteiger partial charge on any atom is -0.384 e. The molecule has 116 valence electrons. The summed E-state index contributed by atoms with van der Waals surface area (Å²) in [6, 6.07) is 6.92. The summed E-state index contributed by atoms with van der Waals surface area (Å²) in [5.74, 6) is 0.532. The van der Waals surface area contributed by atoms with Gasteiger partial charge >= 0.3 is 0 Å². The third kappa shape index (κ3) is 3.22. The molecule has 2 aliphatic rings. The number of benzene rings is 1. The Hall–Kier alpha value is -1.11. The largest absolute Gasteiger partial charge is 0.384 e. The van der Waals surface area contributed by atoms with Gasteiger partial charge in [-0.3, -0.25) is 0 Å². The van der Waals surface area contributed by atoms with E-state index >= 15 is 0 Å². The highest BCUT2D eigenvalue weighted by Crippen LogP contribution is 2.39. The second kappa shape index (κ2) is 5.94. The van der Waals surface area contributed by atoms with E-state index in [1.807, 2.05) is 13.0 Å². The van der Waals surface area contributed by atoms with Crippen LogP contribution in [-0.2, 0) is 14.8 Å². The number of nitrogens with one attached hydrogen (secondary N) is 2. The fourth-order valence-electron chi connectivity index (χ4n) is 2.93. The highest BCUT2D eigenvalue weighted by molar-refractivity contribution is 7.89. The van der Waals surface area contributed by atoms with E-state index in [0.29, 0.717) is 29.7 Å². The van der Waals surface area contributed by atoms with Crippen LogP contribution >= 0.6 is 0 Å². The average molecular weight is 310 g/mol. The maximum absolute atomic E-state index is 12.7. The van der Waals surface area contributed by atoms with Gasteiger partial charge in [0.1, 0.15) is 4.90 Å². The van der Waals surface area contributed by atoms with Crippen LogP contribution in [0.15, 0.2) is 29.2 Å². The molecule has 1 aromatic carbocycles. The summed E-state index contributed by atoms with van der Waals surface area (Å²) in [4.78, 5) is 0.313. The zero-order valence-corrected chi connectivity index (χ0v) is 13.0.